The van der Waals surface area contributed by atoms with Crippen molar-refractivity contribution in [3.63, 3.8) is 0 Å². The number of halogens is 1. The maximum absolute atomic E-state index is 12.8. The van der Waals surface area contributed by atoms with E-state index in [0.717, 1.165) is 0 Å². The minimum atomic E-state index is -1.17. The molecule has 0 heterocycles. The van der Waals surface area contributed by atoms with Gasteiger partial charge in [0.15, 0.2) is 0 Å². The van der Waals surface area contributed by atoms with Crippen LogP contribution >= 0.6 is 0 Å². The summed E-state index contributed by atoms with van der Waals surface area (Å²) in [6.07, 6.45) is 0. The standard InChI is InChI=1S/C13H16FN3O4/c1-8(9-2-4-10(14)5-3-9)17-13(21)16-6-11(18)15-7-12(19)20/h2-5,8H,6-7H2,1H3,(H,15,18)(H,19,20)(H2,16,17,21). The minimum Gasteiger partial charge on any atom is -0.480 e. The van der Waals surface area contributed by atoms with Crippen LogP contribution in [-0.4, -0.2) is 36.1 Å². The van der Waals surface area contributed by atoms with Gasteiger partial charge in [-0.05, 0) is 24.6 Å². The fourth-order valence-electron chi connectivity index (χ4n) is 1.48. The van der Waals surface area contributed by atoms with Crippen LogP contribution in [-0.2, 0) is 9.59 Å². The van der Waals surface area contributed by atoms with Gasteiger partial charge in [-0.1, -0.05) is 12.1 Å². The third-order valence-electron chi connectivity index (χ3n) is 2.56. The summed E-state index contributed by atoms with van der Waals surface area (Å²) in [7, 11) is 0. The molecule has 0 aromatic heterocycles. The molecule has 7 nitrogen and oxygen atoms in total. The van der Waals surface area contributed by atoms with Crippen molar-refractivity contribution < 1.29 is 23.9 Å². The number of hydrogen-bond acceptors (Lipinski definition) is 3. The van der Waals surface area contributed by atoms with Crippen LogP contribution in [0, 0.1) is 5.82 Å². The zero-order chi connectivity index (χ0) is 15.8. The van der Waals surface area contributed by atoms with Gasteiger partial charge in [0, 0.05) is 0 Å². The third-order valence-corrected chi connectivity index (χ3v) is 2.56. The molecule has 0 aliphatic heterocycles. The number of amides is 3. The van der Waals surface area contributed by atoms with Gasteiger partial charge in [0.2, 0.25) is 5.91 Å². The van der Waals surface area contributed by atoms with E-state index in [4.69, 9.17) is 5.11 Å². The highest BCUT2D eigenvalue weighted by atomic mass is 19.1. The highest BCUT2D eigenvalue weighted by Crippen LogP contribution is 2.12. The Morgan fingerprint density at radius 2 is 1.76 bits per heavy atom. The van der Waals surface area contributed by atoms with E-state index in [-0.39, 0.29) is 18.4 Å². The van der Waals surface area contributed by atoms with E-state index in [1.807, 2.05) is 0 Å². The Hall–Kier alpha value is -2.64. The van der Waals surface area contributed by atoms with Gasteiger partial charge in [-0.2, -0.15) is 0 Å². The number of urea groups is 1. The second-order valence-corrected chi connectivity index (χ2v) is 4.27. The van der Waals surface area contributed by atoms with Crippen LogP contribution in [0.1, 0.15) is 18.5 Å². The van der Waals surface area contributed by atoms with Crippen molar-refractivity contribution in [2.75, 3.05) is 13.1 Å². The lowest BCUT2D eigenvalue weighted by Crippen LogP contribution is -2.43. The lowest BCUT2D eigenvalue weighted by molar-refractivity contribution is -0.137. The smallest absolute Gasteiger partial charge is 0.322 e. The molecule has 0 saturated carbocycles. The summed E-state index contributed by atoms with van der Waals surface area (Å²) in [6, 6.07) is 4.69. The average molecular weight is 297 g/mol. The molecule has 1 aromatic carbocycles. The number of carboxylic acids is 1. The zero-order valence-electron chi connectivity index (χ0n) is 11.4. The van der Waals surface area contributed by atoms with Gasteiger partial charge in [-0.3, -0.25) is 9.59 Å². The molecule has 0 saturated heterocycles. The van der Waals surface area contributed by atoms with E-state index in [1.54, 1.807) is 19.1 Å². The highest BCUT2D eigenvalue weighted by Gasteiger charge is 2.11. The normalized spacial score (nSPS) is 11.3. The Bertz CT molecular complexity index is 519. The quantitative estimate of drug-likeness (QED) is 0.609. The van der Waals surface area contributed by atoms with Gasteiger partial charge in [0.1, 0.15) is 12.4 Å². The van der Waals surface area contributed by atoms with Gasteiger partial charge in [-0.15, -0.1) is 0 Å². The van der Waals surface area contributed by atoms with Gasteiger partial charge in [0.25, 0.3) is 0 Å². The topological polar surface area (TPSA) is 108 Å². The number of carbonyl (C=O) groups excluding carboxylic acids is 2. The molecular formula is C13H16FN3O4. The van der Waals surface area contributed by atoms with E-state index in [9.17, 15) is 18.8 Å². The second-order valence-electron chi connectivity index (χ2n) is 4.27. The molecule has 0 aliphatic rings. The Kier molecular flexibility index (Phi) is 6.12. The maximum atomic E-state index is 12.8. The fourth-order valence-corrected chi connectivity index (χ4v) is 1.48. The first-order valence-corrected chi connectivity index (χ1v) is 6.17. The van der Waals surface area contributed by atoms with E-state index in [0.29, 0.717) is 5.56 Å². The van der Waals surface area contributed by atoms with Gasteiger partial charge in [0.05, 0.1) is 12.6 Å². The first-order chi connectivity index (χ1) is 9.88. The molecule has 114 valence electrons. The first kappa shape index (κ1) is 16.4. The summed E-state index contributed by atoms with van der Waals surface area (Å²) in [5, 5.41) is 15.3. The summed E-state index contributed by atoms with van der Waals surface area (Å²) in [6.45, 7) is 0.862. The maximum Gasteiger partial charge on any atom is 0.322 e. The van der Waals surface area contributed by atoms with Crippen molar-refractivity contribution >= 4 is 17.9 Å². The largest absolute Gasteiger partial charge is 0.480 e. The lowest BCUT2D eigenvalue weighted by Gasteiger charge is -2.14. The highest BCUT2D eigenvalue weighted by molar-refractivity contribution is 5.86. The summed E-state index contributed by atoms with van der Waals surface area (Å²) >= 11 is 0. The number of carboxylic acid groups (broad SMARTS) is 1. The molecule has 0 aliphatic carbocycles. The van der Waals surface area contributed by atoms with E-state index in [1.165, 1.54) is 12.1 Å². The molecule has 1 unspecified atom stereocenters. The van der Waals surface area contributed by atoms with Crippen molar-refractivity contribution in [3.05, 3.63) is 35.6 Å². The SMILES string of the molecule is CC(NC(=O)NCC(=O)NCC(=O)O)c1ccc(F)cc1. The molecule has 1 aromatic rings. The van der Waals surface area contributed by atoms with Crippen molar-refractivity contribution in [2.24, 2.45) is 0 Å². The van der Waals surface area contributed by atoms with Crippen LogP contribution in [0.15, 0.2) is 24.3 Å². The van der Waals surface area contributed by atoms with Crippen molar-refractivity contribution in [1.82, 2.24) is 16.0 Å². The molecule has 8 heteroatoms. The molecule has 0 radical (unpaired) electrons. The number of benzene rings is 1. The van der Waals surface area contributed by atoms with E-state index >= 15 is 0 Å². The number of aliphatic carboxylic acids is 1. The summed E-state index contributed by atoms with van der Waals surface area (Å²) in [5.41, 5.74) is 0.710. The van der Waals surface area contributed by atoms with Crippen LogP contribution < -0.4 is 16.0 Å². The third kappa shape index (κ3) is 6.37. The summed E-state index contributed by atoms with van der Waals surface area (Å²) in [4.78, 5) is 33.0. The molecule has 3 amide bonds. The van der Waals surface area contributed by atoms with Crippen LogP contribution in [0.2, 0.25) is 0 Å². The van der Waals surface area contributed by atoms with Crippen LogP contribution in [0.25, 0.3) is 0 Å². The molecule has 1 atom stereocenters. The molecule has 0 fully saturated rings. The molecule has 0 spiro atoms. The number of carbonyl (C=O) groups is 3. The zero-order valence-corrected chi connectivity index (χ0v) is 11.4. The predicted octanol–water partition coefficient (Wildman–Crippen LogP) is 0.387. The van der Waals surface area contributed by atoms with Crippen LogP contribution in [0.3, 0.4) is 0 Å². The Labute approximate surface area is 120 Å². The monoisotopic (exact) mass is 297 g/mol. The van der Waals surface area contributed by atoms with Crippen molar-refractivity contribution in [3.8, 4) is 0 Å². The second kappa shape index (κ2) is 7.83. The Balaban J connectivity index is 2.34. The molecule has 21 heavy (non-hydrogen) atoms. The van der Waals surface area contributed by atoms with Crippen LogP contribution in [0.5, 0.6) is 0 Å². The summed E-state index contributed by atoms with van der Waals surface area (Å²) in [5.74, 6) is -2.15. The number of nitrogens with one attached hydrogen (secondary N) is 3. The number of hydrogen-bond donors (Lipinski definition) is 4. The Morgan fingerprint density at radius 3 is 2.33 bits per heavy atom. The number of rotatable bonds is 6. The van der Waals surface area contributed by atoms with Crippen LogP contribution in [0.4, 0.5) is 9.18 Å². The van der Waals surface area contributed by atoms with Gasteiger partial charge >= 0.3 is 12.0 Å². The van der Waals surface area contributed by atoms with Crippen molar-refractivity contribution in [2.45, 2.75) is 13.0 Å². The van der Waals surface area contributed by atoms with E-state index < -0.39 is 24.5 Å². The lowest BCUT2D eigenvalue weighted by atomic mass is 10.1. The fraction of sp³-hybridized carbons (Fsp3) is 0.308. The molecule has 0 bridgehead atoms. The molecular weight excluding hydrogens is 281 g/mol. The van der Waals surface area contributed by atoms with Crippen molar-refractivity contribution in [1.29, 1.82) is 0 Å². The Morgan fingerprint density at radius 1 is 1.14 bits per heavy atom. The molecule has 4 N–H and O–H groups in total. The average Bonchev–Trinajstić information content (AvgIpc) is 2.43. The minimum absolute atomic E-state index is 0.338. The predicted molar refractivity (Wildman–Crippen MR) is 72.0 cm³/mol. The molecule has 1 rings (SSSR count). The summed E-state index contributed by atoms with van der Waals surface area (Å²) < 4.78 is 12.8. The first-order valence-electron chi connectivity index (χ1n) is 6.17. The van der Waals surface area contributed by atoms with E-state index in [2.05, 4.69) is 16.0 Å². The van der Waals surface area contributed by atoms with Gasteiger partial charge in [-0.25, -0.2) is 9.18 Å². The van der Waals surface area contributed by atoms with Gasteiger partial charge < -0.3 is 21.1 Å².